The Balaban J connectivity index is 1.66. The molecule has 0 spiro atoms. The first-order chi connectivity index (χ1) is 11.6. The zero-order valence-corrected chi connectivity index (χ0v) is 14.2. The molecule has 2 aliphatic rings. The van der Waals surface area contributed by atoms with Crippen LogP contribution >= 0.6 is 0 Å². The number of benzene rings is 2. The highest BCUT2D eigenvalue weighted by atomic mass is 32.2. The van der Waals surface area contributed by atoms with E-state index in [1.807, 2.05) is 48.5 Å². The van der Waals surface area contributed by atoms with Gasteiger partial charge in [-0.05, 0) is 29.5 Å². The molecule has 4 rings (SSSR count). The molecule has 1 fully saturated rings. The van der Waals surface area contributed by atoms with Crippen molar-refractivity contribution in [2.24, 2.45) is 0 Å². The molecule has 0 saturated carbocycles. The van der Waals surface area contributed by atoms with Crippen molar-refractivity contribution in [2.45, 2.75) is 25.9 Å². The lowest BCUT2D eigenvalue weighted by Gasteiger charge is -2.23. The molecule has 4 nitrogen and oxygen atoms in total. The van der Waals surface area contributed by atoms with Crippen molar-refractivity contribution in [3.63, 3.8) is 0 Å². The Morgan fingerprint density at radius 3 is 2.38 bits per heavy atom. The van der Waals surface area contributed by atoms with Crippen LogP contribution in [0.4, 0.5) is 0 Å². The number of hydrogen-bond donors (Lipinski definition) is 0. The van der Waals surface area contributed by atoms with E-state index in [1.165, 1.54) is 5.56 Å². The third kappa shape index (κ3) is 2.74. The number of nitrogens with zero attached hydrogens (tertiary/aromatic N) is 2. The second-order valence-corrected chi connectivity index (χ2v) is 8.12. The Morgan fingerprint density at radius 1 is 0.875 bits per heavy atom. The van der Waals surface area contributed by atoms with Crippen LogP contribution < -0.4 is 0 Å². The lowest BCUT2D eigenvalue weighted by Crippen LogP contribution is -2.32. The van der Waals surface area contributed by atoms with Gasteiger partial charge in [0, 0.05) is 12.2 Å². The van der Waals surface area contributed by atoms with Crippen LogP contribution in [-0.4, -0.2) is 23.6 Å². The summed E-state index contributed by atoms with van der Waals surface area (Å²) < 4.78 is 29.2. The highest BCUT2D eigenvalue weighted by Crippen LogP contribution is 2.32. The van der Waals surface area contributed by atoms with Crippen LogP contribution in [0.15, 0.2) is 66.4 Å². The first-order valence-corrected chi connectivity index (χ1v) is 9.62. The minimum atomic E-state index is -3.47. The Bertz CT molecular complexity index is 875. The molecular weight excluding hydrogens is 320 g/mol. The van der Waals surface area contributed by atoms with Crippen molar-refractivity contribution < 1.29 is 8.42 Å². The van der Waals surface area contributed by atoms with Gasteiger partial charge in [-0.3, -0.25) is 4.31 Å². The zero-order chi connectivity index (χ0) is 16.6. The van der Waals surface area contributed by atoms with Crippen molar-refractivity contribution in [2.75, 3.05) is 6.54 Å². The minimum absolute atomic E-state index is 0.415. The summed E-state index contributed by atoms with van der Waals surface area (Å²) in [7, 11) is -3.47. The second kappa shape index (κ2) is 6.07. The van der Waals surface area contributed by atoms with E-state index in [4.69, 9.17) is 0 Å². The van der Waals surface area contributed by atoms with Gasteiger partial charge in [-0.15, -0.1) is 0 Å². The summed E-state index contributed by atoms with van der Waals surface area (Å²) in [6.45, 7) is 1.30. The van der Waals surface area contributed by atoms with Crippen LogP contribution in [0.1, 0.15) is 23.1 Å². The second-order valence-electron chi connectivity index (χ2n) is 6.27. The van der Waals surface area contributed by atoms with Crippen molar-refractivity contribution >= 4 is 10.2 Å². The Kier molecular flexibility index (Phi) is 3.90. The molecule has 0 atom stereocenters. The van der Waals surface area contributed by atoms with Crippen LogP contribution in [0.5, 0.6) is 0 Å². The van der Waals surface area contributed by atoms with Crippen LogP contribution in [-0.2, 0) is 29.7 Å². The van der Waals surface area contributed by atoms with Gasteiger partial charge >= 0.3 is 10.2 Å². The van der Waals surface area contributed by atoms with E-state index >= 15 is 0 Å². The molecule has 0 bridgehead atoms. The lowest BCUT2D eigenvalue weighted by atomic mass is 10.0. The lowest BCUT2D eigenvalue weighted by molar-refractivity contribution is 0.439. The standard InChI is InChI=1S/C19H20N2O2S/c22-24(23)20(13-16-7-2-1-3-8-16)15-19-12-6-11-17-9-4-5-10-18(17)14-21(19)24/h1-5,7-10,12H,6,11,13-15H2/b19-12-. The quantitative estimate of drug-likeness (QED) is 0.843. The highest BCUT2D eigenvalue weighted by Gasteiger charge is 2.39. The fourth-order valence-electron chi connectivity index (χ4n) is 3.41. The maximum Gasteiger partial charge on any atom is 0.304 e. The van der Waals surface area contributed by atoms with Crippen molar-refractivity contribution in [1.29, 1.82) is 0 Å². The molecule has 2 aliphatic heterocycles. The van der Waals surface area contributed by atoms with E-state index in [2.05, 4.69) is 12.1 Å². The van der Waals surface area contributed by atoms with Gasteiger partial charge in [-0.25, -0.2) is 0 Å². The van der Waals surface area contributed by atoms with Gasteiger partial charge in [0.15, 0.2) is 0 Å². The highest BCUT2D eigenvalue weighted by molar-refractivity contribution is 7.87. The number of fused-ring (bicyclic) bond motifs is 2. The van der Waals surface area contributed by atoms with Crippen LogP contribution in [0, 0.1) is 0 Å². The molecule has 2 heterocycles. The number of allylic oxidation sites excluding steroid dienone is 1. The molecule has 24 heavy (non-hydrogen) atoms. The van der Waals surface area contributed by atoms with Gasteiger partial charge in [-0.2, -0.15) is 12.7 Å². The summed E-state index contributed by atoms with van der Waals surface area (Å²) in [5, 5.41) is 0. The first kappa shape index (κ1) is 15.4. The average Bonchev–Trinajstić information content (AvgIpc) is 2.79. The summed E-state index contributed by atoms with van der Waals surface area (Å²) in [5.74, 6) is 0. The molecule has 0 unspecified atom stereocenters. The molecule has 1 saturated heterocycles. The number of rotatable bonds is 2. The van der Waals surface area contributed by atoms with E-state index in [0.717, 1.165) is 29.7 Å². The van der Waals surface area contributed by atoms with Gasteiger partial charge in [0.1, 0.15) is 0 Å². The third-order valence-electron chi connectivity index (χ3n) is 4.69. The SMILES string of the molecule is O=S1(=O)N(Cc2ccccc2)C/C2=C/CCc3ccccc3CN21. The summed E-state index contributed by atoms with van der Waals surface area (Å²) in [5.41, 5.74) is 4.26. The summed E-state index contributed by atoms with van der Waals surface area (Å²) in [6.07, 6.45) is 3.92. The zero-order valence-electron chi connectivity index (χ0n) is 13.4. The fourth-order valence-corrected chi connectivity index (χ4v) is 5.02. The fraction of sp³-hybridized carbons (Fsp3) is 0.263. The van der Waals surface area contributed by atoms with Gasteiger partial charge in [0.2, 0.25) is 0 Å². The van der Waals surface area contributed by atoms with Gasteiger partial charge in [-0.1, -0.05) is 60.7 Å². The Hall–Kier alpha value is -2.11. The normalized spacial score (nSPS) is 22.0. The van der Waals surface area contributed by atoms with Crippen LogP contribution in [0.2, 0.25) is 0 Å². The number of aryl methyl sites for hydroxylation is 1. The average molecular weight is 340 g/mol. The maximum absolute atomic E-state index is 13.0. The maximum atomic E-state index is 13.0. The summed E-state index contributed by atoms with van der Waals surface area (Å²) in [6, 6.07) is 17.9. The molecular formula is C19H20N2O2S. The molecule has 2 aromatic rings. The summed E-state index contributed by atoms with van der Waals surface area (Å²) >= 11 is 0. The van der Waals surface area contributed by atoms with Crippen molar-refractivity contribution in [3.05, 3.63) is 83.1 Å². The molecule has 2 aromatic carbocycles. The first-order valence-electron chi connectivity index (χ1n) is 8.22. The predicted octanol–water partition coefficient (Wildman–Crippen LogP) is 3.08. The van der Waals surface area contributed by atoms with E-state index in [1.54, 1.807) is 8.61 Å². The minimum Gasteiger partial charge on any atom is -0.256 e. The molecule has 5 heteroatoms. The van der Waals surface area contributed by atoms with E-state index in [9.17, 15) is 8.42 Å². The van der Waals surface area contributed by atoms with Crippen molar-refractivity contribution in [1.82, 2.24) is 8.61 Å². The molecule has 0 aliphatic carbocycles. The molecule has 0 radical (unpaired) electrons. The topological polar surface area (TPSA) is 40.6 Å². The van der Waals surface area contributed by atoms with Gasteiger partial charge in [0.05, 0.1) is 13.1 Å². The molecule has 124 valence electrons. The van der Waals surface area contributed by atoms with Gasteiger partial charge < -0.3 is 0 Å². The largest absolute Gasteiger partial charge is 0.304 e. The summed E-state index contributed by atoms with van der Waals surface area (Å²) in [4.78, 5) is 0. The smallest absolute Gasteiger partial charge is 0.256 e. The van der Waals surface area contributed by atoms with E-state index < -0.39 is 10.2 Å². The Labute approximate surface area is 143 Å². The van der Waals surface area contributed by atoms with E-state index in [0.29, 0.717) is 19.6 Å². The van der Waals surface area contributed by atoms with Crippen LogP contribution in [0.3, 0.4) is 0 Å². The number of hydrogen-bond acceptors (Lipinski definition) is 2. The molecule has 0 amide bonds. The Morgan fingerprint density at radius 2 is 1.58 bits per heavy atom. The molecule has 0 N–H and O–H groups in total. The van der Waals surface area contributed by atoms with Crippen molar-refractivity contribution in [3.8, 4) is 0 Å². The van der Waals surface area contributed by atoms with Gasteiger partial charge in [0.25, 0.3) is 0 Å². The monoisotopic (exact) mass is 340 g/mol. The molecule has 0 aromatic heterocycles. The van der Waals surface area contributed by atoms with Crippen LogP contribution in [0.25, 0.3) is 0 Å². The van der Waals surface area contributed by atoms with E-state index in [-0.39, 0.29) is 0 Å². The predicted molar refractivity (Wildman–Crippen MR) is 94.2 cm³/mol. The third-order valence-corrected chi connectivity index (χ3v) is 6.52.